The van der Waals surface area contributed by atoms with Gasteiger partial charge in [0.2, 0.25) is 0 Å². The van der Waals surface area contributed by atoms with Gasteiger partial charge in [-0.25, -0.2) is 0 Å². The summed E-state index contributed by atoms with van der Waals surface area (Å²) in [6.45, 7) is 5.88. The Morgan fingerprint density at radius 1 is 1.47 bits per heavy atom. The highest BCUT2D eigenvalue weighted by Gasteiger charge is 2.14. The molecule has 1 heterocycles. The van der Waals surface area contributed by atoms with Gasteiger partial charge >= 0.3 is 0 Å². The highest BCUT2D eigenvalue weighted by atomic mass is 16.5. The van der Waals surface area contributed by atoms with Gasteiger partial charge in [-0.05, 0) is 36.5 Å². The molecule has 17 heavy (non-hydrogen) atoms. The van der Waals surface area contributed by atoms with Crippen LogP contribution in [0.3, 0.4) is 0 Å². The van der Waals surface area contributed by atoms with Crippen molar-refractivity contribution in [1.82, 2.24) is 5.32 Å². The zero-order chi connectivity index (χ0) is 12.1. The predicted molar refractivity (Wildman–Crippen MR) is 68.4 cm³/mol. The first-order chi connectivity index (χ1) is 8.29. The molecule has 1 saturated heterocycles. The molecule has 1 aliphatic heterocycles. The van der Waals surface area contributed by atoms with E-state index in [4.69, 9.17) is 9.47 Å². The van der Waals surface area contributed by atoms with Gasteiger partial charge in [0.25, 0.3) is 0 Å². The minimum Gasteiger partial charge on any atom is -0.496 e. The first-order valence-corrected chi connectivity index (χ1v) is 6.21. The third-order valence-corrected chi connectivity index (χ3v) is 3.25. The number of ether oxygens (including phenoxy) is 2. The number of hydrogen-bond acceptors (Lipinski definition) is 3. The summed E-state index contributed by atoms with van der Waals surface area (Å²) in [7, 11) is 1.71. The molecule has 2 rings (SSSR count). The zero-order valence-corrected chi connectivity index (χ0v) is 10.7. The molecule has 94 valence electrons. The maximum Gasteiger partial charge on any atom is 0.121 e. The fourth-order valence-corrected chi connectivity index (χ4v) is 2.22. The van der Waals surface area contributed by atoms with Crippen molar-refractivity contribution in [3.8, 4) is 5.75 Å². The van der Waals surface area contributed by atoms with E-state index in [0.717, 1.165) is 32.1 Å². The van der Waals surface area contributed by atoms with Crippen LogP contribution in [0.4, 0.5) is 0 Å². The second-order valence-electron chi connectivity index (χ2n) is 4.66. The molecular weight excluding hydrogens is 214 g/mol. The van der Waals surface area contributed by atoms with Crippen molar-refractivity contribution in [3.63, 3.8) is 0 Å². The Balaban J connectivity index is 1.80. The first-order valence-electron chi connectivity index (χ1n) is 6.21. The topological polar surface area (TPSA) is 30.5 Å². The lowest BCUT2D eigenvalue weighted by atomic mass is 10.1. The number of benzene rings is 1. The number of hydrogen-bond donors (Lipinski definition) is 1. The van der Waals surface area contributed by atoms with Crippen molar-refractivity contribution < 1.29 is 9.47 Å². The van der Waals surface area contributed by atoms with Crippen LogP contribution in [0.15, 0.2) is 18.2 Å². The number of aryl methyl sites for hydroxylation is 1. The van der Waals surface area contributed by atoms with Crippen LogP contribution in [0.2, 0.25) is 0 Å². The van der Waals surface area contributed by atoms with E-state index in [2.05, 4.69) is 24.4 Å². The highest BCUT2D eigenvalue weighted by molar-refractivity contribution is 5.36. The molecule has 0 amide bonds. The Kier molecular flexibility index (Phi) is 4.40. The normalized spacial score (nSPS) is 19.5. The summed E-state index contributed by atoms with van der Waals surface area (Å²) in [5.41, 5.74) is 2.50. The van der Waals surface area contributed by atoms with Crippen molar-refractivity contribution in [2.24, 2.45) is 5.92 Å². The van der Waals surface area contributed by atoms with E-state index < -0.39 is 0 Å². The summed E-state index contributed by atoms with van der Waals surface area (Å²) < 4.78 is 10.6. The van der Waals surface area contributed by atoms with Gasteiger partial charge in [0.05, 0.1) is 13.7 Å². The number of rotatable bonds is 5. The molecule has 1 aromatic carbocycles. The Morgan fingerprint density at radius 2 is 2.35 bits per heavy atom. The molecule has 0 aromatic heterocycles. The quantitative estimate of drug-likeness (QED) is 0.848. The monoisotopic (exact) mass is 235 g/mol. The Morgan fingerprint density at radius 3 is 3.00 bits per heavy atom. The number of nitrogens with one attached hydrogen (secondary N) is 1. The summed E-state index contributed by atoms with van der Waals surface area (Å²) in [4.78, 5) is 0. The average Bonchev–Trinajstić information content (AvgIpc) is 2.82. The molecule has 1 atom stereocenters. The fraction of sp³-hybridized carbons (Fsp3) is 0.571. The lowest BCUT2D eigenvalue weighted by molar-refractivity contribution is 0.185. The van der Waals surface area contributed by atoms with E-state index in [-0.39, 0.29) is 0 Å². The van der Waals surface area contributed by atoms with Crippen LogP contribution in [0.25, 0.3) is 0 Å². The SMILES string of the molecule is COc1ccc(CNCC2CCOC2)cc1C. The van der Waals surface area contributed by atoms with Crippen LogP contribution in [0, 0.1) is 12.8 Å². The molecule has 1 aromatic rings. The Bertz CT molecular complexity index is 359. The molecule has 0 spiro atoms. The van der Waals surface area contributed by atoms with Crippen LogP contribution < -0.4 is 10.1 Å². The summed E-state index contributed by atoms with van der Waals surface area (Å²) in [6, 6.07) is 6.33. The summed E-state index contributed by atoms with van der Waals surface area (Å²) >= 11 is 0. The van der Waals surface area contributed by atoms with E-state index in [9.17, 15) is 0 Å². The largest absolute Gasteiger partial charge is 0.496 e. The summed E-state index contributed by atoms with van der Waals surface area (Å²) in [5, 5.41) is 3.49. The summed E-state index contributed by atoms with van der Waals surface area (Å²) in [5.74, 6) is 1.65. The second kappa shape index (κ2) is 6.03. The lowest BCUT2D eigenvalue weighted by Gasteiger charge is -2.11. The predicted octanol–water partition coefficient (Wildman–Crippen LogP) is 2.13. The van der Waals surface area contributed by atoms with E-state index >= 15 is 0 Å². The molecule has 1 N–H and O–H groups in total. The standard InChI is InChI=1S/C14H21NO2/c1-11-7-12(3-4-14(11)16-2)8-15-9-13-5-6-17-10-13/h3-4,7,13,15H,5-6,8-10H2,1-2H3. The molecule has 0 saturated carbocycles. The molecule has 1 fully saturated rings. The van der Waals surface area contributed by atoms with Crippen molar-refractivity contribution in [2.45, 2.75) is 19.9 Å². The molecule has 1 aliphatic rings. The molecule has 3 heteroatoms. The maximum absolute atomic E-state index is 5.35. The number of methoxy groups -OCH3 is 1. The zero-order valence-electron chi connectivity index (χ0n) is 10.7. The van der Waals surface area contributed by atoms with Gasteiger partial charge in [0.15, 0.2) is 0 Å². The third-order valence-electron chi connectivity index (χ3n) is 3.25. The summed E-state index contributed by atoms with van der Waals surface area (Å²) in [6.07, 6.45) is 1.19. The Labute approximate surface area is 103 Å². The molecule has 1 unspecified atom stereocenters. The first kappa shape index (κ1) is 12.4. The van der Waals surface area contributed by atoms with Gasteiger partial charge in [0, 0.05) is 19.7 Å². The molecule has 0 radical (unpaired) electrons. The van der Waals surface area contributed by atoms with Crippen molar-refractivity contribution in [3.05, 3.63) is 29.3 Å². The van der Waals surface area contributed by atoms with Crippen LogP contribution in [-0.4, -0.2) is 26.9 Å². The van der Waals surface area contributed by atoms with Gasteiger partial charge in [0.1, 0.15) is 5.75 Å². The molecule has 0 bridgehead atoms. The van der Waals surface area contributed by atoms with E-state index in [1.807, 2.05) is 6.07 Å². The lowest BCUT2D eigenvalue weighted by Crippen LogP contribution is -2.22. The van der Waals surface area contributed by atoms with Crippen molar-refractivity contribution in [2.75, 3.05) is 26.9 Å². The van der Waals surface area contributed by atoms with Crippen molar-refractivity contribution in [1.29, 1.82) is 0 Å². The van der Waals surface area contributed by atoms with Gasteiger partial charge < -0.3 is 14.8 Å². The molecular formula is C14H21NO2. The van der Waals surface area contributed by atoms with Crippen LogP contribution in [-0.2, 0) is 11.3 Å². The minimum absolute atomic E-state index is 0.689. The van der Waals surface area contributed by atoms with Gasteiger partial charge in [-0.15, -0.1) is 0 Å². The average molecular weight is 235 g/mol. The van der Waals surface area contributed by atoms with Crippen LogP contribution in [0.5, 0.6) is 5.75 Å². The smallest absolute Gasteiger partial charge is 0.121 e. The van der Waals surface area contributed by atoms with E-state index in [1.54, 1.807) is 7.11 Å². The second-order valence-corrected chi connectivity index (χ2v) is 4.66. The maximum atomic E-state index is 5.35. The van der Waals surface area contributed by atoms with Crippen LogP contribution >= 0.6 is 0 Å². The van der Waals surface area contributed by atoms with E-state index in [1.165, 1.54) is 17.5 Å². The van der Waals surface area contributed by atoms with Gasteiger partial charge in [-0.3, -0.25) is 0 Å². The van der Waals surface area contributed by atoms with Gasteiger partial charge in [-0.2, -0.15) is 0 Å². The highest BCUT2D eigenvalue weighted by Crippen LogP contribution is 2.18. The molecule has 0 aliphatic carbocycles. The van der Waals surface area contributed by atoms with Crippen LogP contribution in [0.1, 0.15) is 17.5 Å². The fourth-order valence-electron chi connectivity index (χ4n) is 2.22. The minimum atomic E-state index is 0.689. The van der Waals surface area contributed by atoms with Crippen molar-refractivity contribution >= 4 is 0 Å². The van der Waals surface area contributed by atoms with E-state index in [0.29, 0.717) is 5.92 Å². The third kappa shape index (κ3) is 3.45. The molecule has 3 nitrogen and oxygen atoms in total. The van der Waals surface area contributed by atoms with Gasteiger partial charge in [-0.1, -0.05) is 12.1 Å². The Hall–Kier alpha value is -1.06.